The fourth-order valence-corrected chi connectivity index (χ4v) is 1.16. The van der Waals surface area contributed by atoms with Crippen molar-refractivity contribution in [1.82, 2.24) is 0 Å². The molecular weight excluding hydrogens is 140 g/mol. The van der Waals surface area contributed by atoms with E-state index in [0.29, 0.717) is 0 Å². The SMILES string of the molecule is COC(=O)C1CC=CC=C1C. The van der Waals surface area contributed by atoms with Gasteiger partial charge >= 0.3 is 5.97 Å². The molecule has 2 nitrogen and oxygen atoms in total. The van der Waals surface area contributed by atoms with Crippen LogP contribution in [0.4, 0.5) is 0 Å². The predicted molar refractivity (Wildman–Crippen MR) is 43.0 cm³/mol. The Morgan fingerprint density at radius 3 is 3.00 bits per heavy atom. The summed E-state index contributed by atoms with van der Waals surface area (Å²) in [5, 5.41) is 0. The van der Waals surface area contributed by atoms with Crippen molar-refractivity contribution in [3.8, 4) is 0 Å². The summed E-state index contributed by atoms with van der Waals surface area (Å²) in [5.41, 5.74) is 1.08. The van der Waals surface area contributed by atoms with Crippen LogP contribution in [0.15, 0.2) is 23.8 Å². The summed E-state index contributed by atoms with van der Waals surface area (Å²) in [7, 11) is 1.42. The van der Waals surface area contributed by atoms with Gasteiger partial charge in [0.2, 0.25) is 0 Å². The first-order valence-electron chi connectivity index (χ1n) is 3.67. The molecule has 0 N–H and O–H groups in total. The van der Waals surface area contributed by atoms with Gasteiger partial charge in [-0.1, -0.05) is 23.8 Å². The minimum absolute atomic E-state index is 0.0509. The molecule has 0 spiro atoms. The summed E-state index contributed by atoms with van der Waals surface area (Å²) in [4.78, 5) is 11.1. The van der Waals surface area contributed by atoms with E-state index >= 15 is 0 Å². The molecule has 11 heavy (non-hydrogen) atoms. The van der Waals surface area contributed by atoms with Gasteiger partial charge in [-0.25, -0.2) is 0 Å². The van der Waals surface area contributed by atoms with Crippen molar-refractivity contribution in [3.05, 3.63) is 23.8 Å². The lowest BCUT2D eigenvalue weighted by atomic mass is 9.93. The highest BCUT2D eigenvalue weighted by atomic mass is 16.5. The molecule has 1 aliphatic rings. The summed E-state index contributed by atoms with van der Waals surface area (Å²) in [6.45, 7) is 1.95. The van der Waals surface area contributed by atoms with E-state index < -0.39 is 0 Å². The Balaban J connectivity index is 2.68. The first kappa shape index (κ1) is 8.05. The van der Waals surface area contributed by atoms with Crippen LogP contribution in [0.1, 0.15) is 13.3 Å². The molecule has 1 aliphatic carbocycles. The molecule has 0 fully saturated rings. The van der Waals surface area contributed by atoms with Crippen molar-refractivity contribution in [1.29, 1.82) is 0 Å². The van der Waals surface area contributed by atoms with Crippen molar-refractivity contribution >= 4 is 5.97 Å². The quantitative estimate of drug-likeness (QED) is 0.534. The van der Waals surface area contributed by atoms with Gasteiger partial charge < -0.3 is 4.74 Å². The number of hydrogen-bond acceptors (Lipinski definition) is 2. The van der Waals surface area contributed by atoms with Gasteiger partial charge in [0.05, 0.1) is 13.0 Å². The molecule has 1 rings (SSSR count). The molecule has 0 heterocycles. The number of allylic oxidation sites excluding steroid dienone is 3. The lowest BCUT2D eigenvalue weighted by Gasteiger charge is -2.15. The molecule has 0 aromatic rings. The largest absolute Gasteiger partial charge is 0.469 e. The van der Waals surface area contributed by atoms with Crippen LogP contribution in [0.3, 0.4) is 0 Å². The van der Waals surface area contributed by atoms with Crippen LogP contribution in [0, 0.1) is 5.92 Å². The summed E-state index contributed by atoms with van der Waals surface area (Å²) in [6, 6.07) is 0. The third kappa shape index (κ3) is 1.70. The second-order valence-electron chi connectivity index (χ2n) is 2.65. The first-order valence-corrected chi connectivity index (χ1v) is 3.67. The average Bonchev–Trinajstić information content (AvgIpc) is 2.04. The van der Waals surface area contributed by atoms with Gasteiger partial charge in [0, 0.05) is 0 Å². The van der Waals surface area contributed by atoms with Crippen molar-refractivity contribution in [2.75, 3.05) is 7.11 Å². The highest BCUT2D eigenvalue weighted by molar-refractivity contribution is 5.76. The van der Waals surface area contributed by atoms with Crippen LogP contribution in [-0.2, 0) is 9.53 Å². The van der Waals surface area contributed by atoms with E-state index in [-0.39, 0.29) is 11.9 Å². The summed E-state index contributed by atoms with van der Waals surface area (Å²) in [6.07, 6.45) is 6.67. The Morgan fingerprint density at radius 2 is 2.45 bits per heavy atom. The zero-order valence-electron chi connectivity index (χ0n) is 6.83. The van der Waals surface area contributed by atoms with Gasteiger partial charge in [0.25, 0.3) is 0 Å². The Hall–Kier alpha value is -1.05. The van der Waals surface area contributed by atoms with Crippen molar-refractivity contribution in [2.45, 2.75) is 13.3 Å². The summed E-state index contributed by atoms with van der Waals surface area (Å²) >= 11 is 0. The molecule has 0 saturated carbocycles. The normalized spacial score (nSPS) is 22.7. The van der Waals surface area contributed by atoms with Gasteiger partial charge in [-0.3, -0.25) is 4.79 Å². The Morgan fingerprint density at radius 1 is 1.73 bits per heavy atom. The summed E-state index contributed by atoms with van der Waals surface area (Å²) < 4.78 is 4.65. The second-order valence-corrected chi connectivity index (χ2v) is 2.65. The van der Waals surface area contributed by atoms with Crippen LogP contribution >= 0.6 is 0 Å². The van der Waals surface area contributed by atoms with Crippen LogP contribution in [0.25, 0.3) is 0 Å². The van der Waals surface area contributed by atoms with Gasteiger partial charge in [-0.15, -0.1) is 0 Å². The molecule has 0 bridgehead atoms. The summed E-state index contributed by atoms with van der Waals surface area (Å²) in [5.74, 6) is -0.187. The Labute approximate surface area is 66.5 Å². The minimum atomic E-state index is -0.136. The highest BCUT2D eigenvalue weighted by Gasteiger charge is 2.20. The smallest absolute Gasteiger partial charge is 0.313 e. The Bertz CT molecular complexity index is 214. The molecule has 1 unspecified atom stereocenters. The molecule has 0 aromatic carbocycles. The third-order valence-corrected chi connectivity index (χ3v) is 1.90. The minimum Gasteiger partial charge on any atom is -0.469 e. The zero-order valence-corrected chi connectivity index (χ0v) is 6.83. The first-order chi connectivity index (χ1) is 5.25. The van der Waals surface area contributed by atoms with E-state index in [1.54, 1.807) is 0 Å². The highest BCUT2D eigenvalue weighted by Crippen LogP contribution is 2.20. The van der Waals surface area contributed by atoms with Gasteiger partial charge in [-0.05, 0) is 13.3 Å². The van der Waals surface area contributed by atoms with Crippen molar-refractivity contribution in [3.63, 3.8) is 0 Å². The maximum atomic E-state index is 11.1. The van der Waals surface area contributed by atoms with E-state index in [1.165, 1.54) is 7.11 Å². The van der Waals surface area contributed by atoms with E-state index in [1.807, 2.05) is 25.2 Å². The molecule has 2 heteroatoms. The number of carbonyl (C=O) groups is 1. The molecule has 0 aromatic heterocycles. The molecule has 0 saturated heterocycles. The number of hydrogen-bond donors (Lipinski definition) is 0. The number of methoxy groups -OCH3 is 1. The molecule has 0 radical (unpaired) electrons. The van der Waals surface area contributed by atoms with E-state index in [0.717, 1.165) is 12.0 Å². The topological polar surface area (TPSA) is 26.3 Å². The fourth-order valence-electron chi connectivity index (χ4n) is 1.16. The molecular formula is C9H12O2. The van der Waals surface area contributed by atoms with Gasteiger partial charge in [0.15, 0.2) is 0 Å². The molecule has 60 valence electrons. The molecule has 0 aliphatic heterocycles. The number of esters is 1. The lowest BCUT2D eigenvalue weighted by molar-refractivity contribution is -0.144. The maximum Gasteiger partial charge on any atom is 0.313 e. The van der Waals surface area contributed by atoms with Crippen LogP contribution < -0.4 is 0 Å². The second kappa shape index (κ2) is 3.37. The van der Waals surface area contributed by atoms with Crippen LogP contribution in [-0.4, -0.2) is 13.1 Å². The molecule has 1 atom stereocenters. The average molecular weight is 152 g/mol. The van der Waals surface area contributed by atoms with E-state index in [4.69, 9.17) is 0 Å². The molecule has 0 amide bonds. The number of ether oxygens (including phenoxy) is 1. The fraction of sp³-hybridized carbons (Fsp3) is 0.444. The van der Waals surface area contributed by atoms with Gasteiger partial charge in [-0.2, -0.15) is 0 Å². The monoisotopic (exact) mass is 152 g/mol. The zero-order chi connectivity index (χ0) is 8.27. The van der Waals surface area contributed by atoms with Gasteiger partial charge in [0.1, 0.15) is 0 Å². The maximum absolute atomic E-state index is 11.1. The predicted octanol–water partition coefficient (Wildman–Crippen LogP) is 1.68. The van der Waals surface area contributed by atoms with E-state index in [2.05, 4.69) is 4.74 Å². The third-order valence-electron chi connectivity index (χ3n) is 1.90. The Kier molecular flexibility index (Phi) is 2.47. The van der Waals surface area contributed by atoms with Crippen LogP contribution in [0.5, 0.6) is 0 Å². The number of rotatable bonds is 1. The lowest BCUT2D eigenvalue weighted by Crippen LogP contribution is -2.17. The van der Waals surface area contributed by atoms with E-state index in [9.17, 15) is 4.79 Å². The number of carbonyl (C=O) groups excluding carboxylic acids is 1. The van der Waals surface area contributed by atoms with Crippen molar-refractivity contribution < 1.29 is 9.53 Å². The van der Waals surface area contributed by atoms with Crippen LogP contribution in [0.2, 0.25) is 0 Å². The van der Waals surface area contributed by atoms with Crippen molar-refractivity contribution in [2.24, 2.45) is 5.92 Å². The standard InChI is InChI=1S/C9H12O2/c1-7-5-3-4-6-8(7)9(10)11-2/h3-5,8H,6H2,1-2H3.